The lowest BCUT2D eigenvalue weighted by molar-refractivity contribution is -0.161. The van der Waals surface area contributed by atoms with E-state index in [1.807, 2.05) is 6.08 Å². The quantitative estimate of drug-likeness (QED) is 0.0134. The number of rotatable bonds is 39. The fourth-order valence-corrected chi connectivity index (χ4v) is 5.82. The smallest absolute Gasteiger partial charge is 0.462 e. The minimum atomic E-state index is -4.69. The summed E-state index contributed by atoms with van der Waals surface area (Å²) in [6.45, 7) is 1.89. The molecule has 0 aromatic heterocycles. The van der Waals surface area contributed by atoms with Crippen molar-refractivity contribution in [3.63, 3.8) is 0 Å². The maximum Gasteiger partial charge on any atom is 0.472 e. The number of esters is 2. The maximum absolute atomic E-state index is 12.6. The van der Waals surface area contributed by atoms with Gasteiger partial charge in [0.1, 0.15) is 12.7 Å². The number of hydrogen-bond acceptors (Lipinski definition) is 10. The van der Waals surface area contributed by atoms with Crippen LogP contribution in [-0.4, -0.2) is 71.5 Å². The van der Waals surface area contributed by atoms with E-state index in [2.05, 4.69) is 103 Å². The standard InChI is InChI=1S/C48H75O11P/c1-3-5-7-9-11-13-15-17-18-19-20-21-22-24-26-28-30-32-34-38-48(53)59-46(43-58-60(54,55)57-41-45(51)40-49)42-56-47(52)39-35-37-44(50)36-33-31-29-27-25-23-16-14-12-10-8-6-4-2/h5,7,11-14,17-18,20-21,23-26,29,31,33,36,45-46,49,51H,3-4,6,8-10,15-16,19,22,27-28,30,32,34-35,37-43H2,1-2H3,(H,54,55)/b7-5-,13-11-,14-12-,18-17-,21-20-,25-23-,26-24-,31-29-,36-33+/t45-,46+/m0/s1. The highest BCUT2D eigenvalue weighted by molar-refractivity contribution is 7.47. The summed E-state index contributed by atoms with van der Waals surface area (Å²) < 4.78 is 32.5. The van der Waals surface area contributed by atoms with Gasteiger partial charge in [0.05, 0.1) is 19.8 Å². The Kier molecular flexibility index (Phi) is 39.4. The molecule has 0 bridgehead atoms. The van der Waals surface area contributed by atoms with E-state index in [-0.39, 0.29) is 31.5 Å². The molecule has 0 aliphatic rings. The molecule has 0 aliphatic heterocycles. The summed E-state index contributed by atoms with van der Waals surface area (Å²) in [6, 6.07) is 0. The van der Waals surface area contributed by atoms with Crippen molar-refractivity contribution >= 4 is 25.5 Å². The van der Waals surface area contributed by atoms with Gasteiger partial charge in [0.15, 0.2) is 11.9 Å². The Morgan fingerprint density at radius 2 is 1.08 bits per heavy atom. The van der Waals surface area contributed by atoms with Crippen molar-refractivity contribution in [3.05, 3.63) is 109 Å². The van der Waals surface area contributed by atoms with Crippen molar-refractivity contribution in [3.8, 4) is 0 Å². The van der Waals surface area contributed by atoms with Crippen LogP contribution in [0.2, 0.25) is 0 Å². The van der Waals surface area contributed by atoms with Crippen molar-refractivity contribution in [1.29, 1.82) is 0 Å². The number of phosphoric ester groups is 1. The van der Waals surface area contributed by atoms with Gasteiger partial charge in [-0.2, -0.15) is 0 Å². The number of aliphatic hydroxyl groups is 2. The molecule has 0 aromatic rings. The summed E-state index contributed by atoms with van der Waals surface area (Å²) in [5, 5.41) is 18.3. The molecule has 12 heteroatoms. The van der Waals surface area contributed by atoms with Gasteiger partial charge >= 0.3 is 19.8 Å². The number of ether oxygens (including phenoxy) is 2. The SMILES string of the molecule is CC/C=C\C/C=C\C/C=C\C/C=C\C/C=C\CCCCCC(=O)O[C@H](COC(=O)CCCC(=O)/C=C/C=C\C/C=C\C/C=C\CCCCC)COP(=O)(O)OC[C@@H](O)CO. The minimum Gasteiger partial charge on any atom is -0.462 e. The second-order valence-electron chi connectivity index (χ2n) is 14.0. The molecule has 11 nitrogen and oxygen atoms in total. The Labute approximate surface area is 361 Å². The van der Waals surface area contributed by atoms with Gasteiger partial charge in [0, 0.05) is 19.3 Å². The molecule has 0 saturated heterocycles. The van der Waals surface area contributed by atoms with Gasteiger partial charge in [-0.25, -0.2) is 4.57 Å². The molecule has 0 saturated carbocycles. The summed E-state index contributed by atoms with van der Waals surface area (Å²) >= 11 is 0. The molecule has 0 aromatic carbocycles. The number of carbonyl (C=O) groups is 3. The first-order valence-corrected chi connectivity index (χ1v) is 23.3. The predicted octanol–water partition coefficient (Wildman–Crippen LogP) is 11.0. The predicted molar refractivity (Wildman–Crippen MR) is 242 cm³/mol. The summed E-state index contributed by atoms with van der Waals surface area (Å²) in [5.41, 5.74) is 0. The first kappa shape index (κ1) is 56.3. The second kappa shape index (κ2) is 42.0. The van der Waals surface area contributed by atoms with Crippen LogP contribution >= 0.6 is 7.82 Å². The number of aliphatic hydroxyl groups excluding tert-OH is 2. The van der Waals surface area contributed by atoms with Crippen LogP contribution in [0.25, 0.3) is 0 Å². The first-order valence-electron chi connectivity index (χ1n) is 21.8. The van der Waals surface area contributed by atoms with E-state index in [0.29, 0.717) is 6.42 Å². The average molecular weight is 859 g/mol. The lowest BCUT2D eigenvalue weighted by atomic mass is 10.1. The van der Waals surface area contributed by atoms with E-state index >= 15 is 0 Å². The zero-order chi connectivity index (χ0) is 44.2. The molecule has 338 valence electrons. The molecule has 0 amide bonds. The van der Waals surface area contributed by atoms with Crippen molar-refractivity contribution < 1.29 is 52.6 Å². The third-order valence-electron chi connectivity index (χ3n) is 8.39. The molecule has 0 radical (unpaired) electrons. The second-order valence-corrected chi connectivity index (χ2v) is 15.5. The molecular weight excluding hydrogens is 783 g/mol. The molecule has 0 spiro atoms. The fraction of sp³-hybridized carbons (Fsp3) is 0.562. The summed E-state index contributed by atoms with van der Waals surface area (Å²) in [6.07, 6.45) is 49.1. The lowest BCUT2D eigenvalue weighted by Gasteiger charge is -2.20. The van der Waals surface area contributed by atoms with Crippen molar-refractivity contribution in [2.45, 2.75) is 148 Å². The van der Waals surface area contributed by atoms with E-state index in [1.165, 1.54) is 25.3 Å². The molecule has 60 heavy (non-hydrogen) atoms. The highest BCUT2D eigenvalue weighted by Crippen LogP contribution is 2.43. The zero-order valence-electron chi connectivity index (χ0n) is 36.4. The van der Waals surface area contributed by atoms with Gasteiger partial charge in [0.2, 0.25) is 0 Å². The van der Waals surface area contributed by atoms with Gasteiger partial charge in [-0.05, 0) is 89.5 Å². The summed E-state index contributed by atoms with van der Waals surface area (Å²) in [7, 11) is -4.69. The molecule has 0 heterocycles. The van der Waals surface area contributed by atoms with Crippen LogP contribution in [0.15, 0.2) is 109 Å². The minimum absolute atomic E-state index is 0.0622. The van der Waals surface area contributed by atoms with Crippen LogP contribution in [0, 0.1) is 0 Å². The zero-order valence-corrected chi connectivity index (χ0v) is 37.3. The van der Waals surface area contributed by atoms with Gasteiger partial charge in [0.25, 0.3) is 0 Å². The van der Waals surface area contributed by atoms with Crippen molar-refractivity contribution in [2.24, 2.45) is 0 Å². The van der Waals surface area contributed by atoms with Crippen LogP contribution < -0.4 is 0 Å². The van der Waals surface area contributed by atoms with Crippen LogP contribution in [0.5, 0.6) is 0 Å². The largest absolute Gasteiger partial charge is 0.472 e. The Morgan fingerprint density at radius 3 is 1.65 bits per heavy atom. The van der Waals surface area contributed by atoms with E-state index in [1.54, 1.807) is 12.2 Å². The van der Waals surface area contributed by atoms with Gasteiger partial charge < -0.3 is 24.6 Å². The van der Waals surface area contributed by atoms with Crippen molar-refractivity contribution in [2.75, 3.05) is 26.4 Å². The number of unbranched alkanes of at least 4 members (excludes halogenated alkanes) is 6. The summed E-state index contributed by atoms with van der Waals surface area (Å²) in [4.78, 5) is 47.2. The number of allylic oxidation sites excluding steroid dienone is 18. The number of ketones is 1. The summed E-state index contributed by atoms with van der Waals surface area (Å²) in [5.74, 6) is -1.37. The molecule has 0 aliphatic carbocycles. The third-order valence-corrected chi connectivity index (χ3v) is 9.34. The molecule has 3 atom stereocenters. The topological polar surface area (TPSA) is 166 Å². The highest BCUT2D eigenvalue weighted by atomic mass is 31.2. The first-order chi connectivity index (χ1) is 29.1. The molecule has 1 unspecified atom stereocenters. The van der Waals surface area contributed by atoms with E-state index in [9.17, 15) is 28.9 Å². The molecule has 0 rings (SSSR count). The fourth-order valence-electron chi connectivity index (χ4n) is 5.03. The van der Waals surface area contributed by atoms with E-state index < -0.39 is 58.4 Å². The number of carbonyl (C=O) groups excluding carboxylic acids is 3. The average Bonchev–Trinajstić information content (AvgIpc) is 3.23. The van der Waals surface area contributed by atoms with Crippen LogP contribution in [0.4, 0.5) is 0 Å². The Balaban J connectivity index is 4.58. The maximum atomic E-state index is 12.6. The van der Waals surface area contributed by atoms with Gasteiger partial charge in [-0.3, -0.25) is 23.4 Å². The Hall–Kier alpha value is -3.70. The number of phosphoric acid groups is 1. The Morgan fingerprint density at radius 1 is 0.567 bits per heavy atom. The van der Waals surface area contributed by atoms with Gasteiger partial charge in [-0.1, -0.05) is 136 Å². The lowest BCUT2D eigenvalue weighted by Crippen LogP contribution is -2.29. The van der Waals surface area contributed by atoms with E-state index in [0.717, 1.165) is 70.6 Å². The van der Waals surface area contributed by atoms with Crippen LogP contribution in [0.3, 0.4) is 0 Å². The molecular formula is C48H75O11P. The van der Waals surface area contributed by atoms with E-state index in [4.69, 9.17) is 19.1 Å². The van der Waals surface area contributed by atoms with Gasteiger partial charge in [-0.15, -0.1) is 0 Å². The van der Waals surface area contributed by atoms with Crippen LogP contribution in [0.1, 0.15) is 136 Å². The number of hydrogen-bond donors (Lipinski definition) is 3. The third kappa shape index (κ3) is 41.1. The Bertz CT molecular complexity index is 1420. The van der Waals surface area contributed by atoms with Crippen molar-refractivity contribution in [1.82, 2.24) is 0 Å². The normalized spacial score (nSPS) is 14.8. The monoisotopic (exact) mass is 859 g/mol. The molecule has 3 N–H and O–H groups in total. The highest BCUT2D eigenvalue weighted by Gasteiger charge is 2.27. The molecule has 0 fully saturated rings. The van der Waals surface area contributed by atoms with Crippen LogP contribution in [-0.2, 0) is 37.5 Å².